The van der Waals surface area contributed by atoms with Gasteiger partial charge in [0.05, 0.1) is 16.6 Å². The van der Waals surface area contributed by atoms with Gasteiger partial charge in [-0.25, -0.2) is 4.98 Å². The summed E-state index contributed by atoms with van der Waals surface area (Å²) in [4.78, 5) is 4.12. The topological polar surface area (TPSA) is 43.8 Å². The van der Waals surface area contributed by atoms with E-state index in [0.717, 1.165) is 31.4 Å². The second-order valence-corrected chi connectivity index (χ2v) is 6.60. The highest BCUT2D eigenvalue weighted by Crippen LogP contribution is 2.45. The molecular formula is C15H18F3N3. The predicted octanol–water partition coefficient (Wildman–Crippen LogP) is 4.39. The van der Waals surface area contributed by atoms with Gasteiger partial charge < -0.3 is 10.3 Å². The van der Waals surface area contributed by atoms with Crippen molar-refractivity contribution in [3.8, 4) is 0 Å². The summed E-state index contributed by atoms with van der Waals surface area (Å²) in [7, 11) is 0. The zero-order chi connectivity index (χ0) is 15.4. The van der Waals surface area contributed by atoms with Gasteiger partial charge in [-0.2, -0.15) is 13.2 Å². The van der Waals surface area contributed by atoms with E-state index in [4.69, 9.17) is 5.73 Å². The summed E-state index contributed by atoms with van der Waals surface area (Å²) in [6.45, 7) is 4.40. The largest absolute Gasteiger partial charge is 0.416 e. The number of nitrogens with zero attached hydrogens (tertiary/aromatic N) is 2. The minimum atomic E-state index is -4.36. The number of aromatic nitrogens is 2. The molecule has 1 aliphatic carbocycles. The van der Waals surface area contributed by atoms with Gasteiger partial charge in [-0.15, -0.1) is 0 Å². The minimum Gasteiger partial charge on any atom is -0.369 e. The number of alkyl halides is 3. The molecule has 114 valence electrons. The monoisotopic (exact) mass is 297 g/mol. The zero-order valence-electron chi connectivity index (χ0n) is 12.0. The lowest BCUT2D eigenvalue weighted by molar-refractivity contribution is -0.137. The molecule has 0 saturated heterocycles. The smallest absolute Gasteiger partial charge is 0.369 e. The van der Waals surface area contributed by atoms with Crippen LogP contribution in [0.25, 0.3) is 11.0 Å². The average molecular weight is 297 g/mol. The van der Waals surface area contributed by atoms with E-state index in [2.05, 4.69) is 18.8 Å². The number of rotatable bonds is 1. The minimum absolute atomic E-state index is 0.210. The Kier molecular flexibility index (Phi) is 2.97. The highest BCUT2D eigenvalue weighted by molar-refractivity contribution is 5.79. The SMILES string of the molecule is CC1(C)CCC(n2c(N)nc3cc(C(F)(F)F)ccc32)C1. The molecule has 1 saturated carbocycles. The molecule has 0 spiro atoms. The molecule has 0 bridgehead atoms. The molecule has 0 radical (unpaired) electrons. The van der Waals surface area contributed by atoms with Crippen LogP contribution in [0.4, 0.5) is 19.1 Å². The van der Waals surface area contributed by atoms with Crippen LogP contribution in [-0.2, 0) is 6.18 Å². The van der Waals surface area contributed by atoms with E-state index in [1.54, 1.807) is 0 Å². The first kappa shape index (κ1) is 14.2. The normalized spacial score (nSPS) is 22.0. The van der Waals surface area contributed by atoms with Gasteiger partial charge in [-0.3, -0.25) is 0 Å². The van der Waals surface area contributed by atoms with E-state index < -0.39 is 11.7 Å². The lowest BCUT2D eigenvalue weighted by Crippen LogP contribution is -2.11. The van der Waals surface area contributed by atoms with Gasteiger partial charge in [0.15, 0.2) is 0 Å². The summed E-state index contributed by atoms with van der Waals surface area (Å²) < 4.78 is 40.2. The molecule has 1 unspecified atom stereocenters. The van der Waals surface area contributed by atoms with Gasteiger partial charge in [0.1, 0.15) is 0 Å². The van der Waals surface area contributed by atoms with Crippen molar-refractivity contribution in [3.63, 3.8) is 0 Å². The number of benzene rings is 1. The molecule has 6 heteroatoms. The van der Waals surface area contributed by atoms with E-state index in [1.165, 1.54) is 6.07 Å². The fraction of sp³-hybridized carbons (Fsp3) is 0.533. The Morgan fingerprint density at radius 1 is 1.33 bits per heavy atom. The molecule has 1 aromatic carbocycles. The van der Waals surface area contributed by atoms with Crippen molar-refractivity contribution in [1.29, 1.82) is 0 Å². The van der Waals surface area contributed by atoms with Crippen LogP contribution in [0, 0.1) is 5.41 Å². The number of nitrogen functional groups attached to an aromatic ring is 1. The van der Waals surface area contributed by atoms with Crippen molar-refractivity contribution in [1.82, 2.24) is 9.55 Å². The summed E-state index contributed by atoms with van der Waals surface area (Å²) in [6.07, 6.45) is -1.34. The van der Waals surface area contributed by atoms with Crippen LogP contribution in [0.1, 0.15) is 44.7 Å². The molecule has 1 aromatic heterocycles. The van der Waals surface area contributed by atoms with Crippen molar-refractivity contribution in [2.24, 2.45) is 5.41 Å². The summed E-state index contributed by atoms with van der Waals surface area (Å²) in [5.41, 5.74) is 6.49. The maximum atomic E-state index is 12.8. The maximum absolute atomic E-state index is 12.8. The summed E-state index contributed by atoms with van der Waals surface area (Å²) >= 11 is 0. The Labute approximate surface area is 121 Å². The molecule has 1 atom stereocenters. The number of halogens is 3. The highest BCUT2D eigenvalue weighted by Gasteiger charge is 2.34. The van der Waals surface area contributed by atoms with E-state index in [9.17, 15) is 13.2 Å². The molecule has 3 nitrogen and oxygen atoms in total. The molecule has 1 heterocycles. The van der Waals surface area contributed by atoms with Gasteiger partial charge in [0.25, 0.3) is 0 Å². The molecule has 2 N–H and O–H groups in total. The maximum Gasteiger partial charge on any atom is 0.416 e. The third kappa shape index (κ3) is 2.47. The van der Waals surface area contributed by atoms with Crippen LogP contribution in [0.2, 0.25) is 0 Å². The third-order valence-electron chi connectivity index (χ3n) is 4.35. The molecule has 1 fully saturated rings. The van der Waals surface area contributed by atoms with Crippen molar-refractivity contribution < 1.29 is 13.2 Å². The zero-order valence-corrected chi connectivity index (χ0v) is 12.0. The molecule has 3 rings (SSSR count). The highest BCUT2D eigenvalue weighted by atomic mass is 19.4. The molecule has 0 amide bonds. The van der Waals surface area contributed by atoms with Crippen LogP contribution in [0.15, 0.2) is 18.2 Å². The second kappa shape index (κ2) is 4.39. The van der Waals surface area contributed by atoms with Crippen LogP contribution in [0.5, 0.6) is 0 Å². The van der Waals surface area contributed by atoms with Gasteiger partial charge in [-0.05, 0) is 42.9 Å². The summed E-state index contributed by atoms with van der Waals surface area (Å²) in [5.74, 6) is 0.298. The Hall–Kier alpha value is -1.72. The van der Waals surface area contributed by atoms with Gasteiger partial charge >= 0.3 is 6.18 Å². The number of anilines is 1. The molecule has 0 aliphatic heterocycles. The average Bonchev–Trinajstić information content (AvgIpc) is 2.85. The number of hydrogen-bond acceptors (Lipinski definition) is 2. The summed E-state index contributed by atoms with van der Waals surface area (Å²) in [6, 6.07) is 3.86. The first-order chi connectivity index (χ1) is 9.67. The van der Waals surface area contributed by atoms with E-state index in [-0.39, 0.29) is 11.5 Å². The van der Waals surface area contributed by atoms with Crippen molar-refractivity contribution in [2.75, 3.05) is 5.73 Å². The molecule has 21 heavy (non-hydrogen) atoms. The van der Waals surface area contributed by atoms with Gasteiger partial charge in [-0.1, -0.05) is 13.8 Å². The van der Waals surface area contributed by atoms with E-state index in [1.807, 2.05) is 4.57 Å². The summed E-state index contributed by atoms with van der Waals surface area (Å²) in [5, 5.41) is 0. The Morgan fingerprint density at radius 3 is 2.62 bits per heavy atom. The van der Waals surface area contributed by atoms with Crippen molar-refractivity contribution in [3.05, 3.63) is 23.8 Å². The van der Waals surface area contributed by atoms with Gasteiger partial charge in [0, 0.05) is 6.04 Å². The number of nitrogens with two attached hydrogens (primary N) is 1. The Morgan fingerprint density at radius 2 is 2.05 bits per heavy atom. The Balaban J connectivity index is 2.07. The second-order valence-electron chi connectivity index (χ2n) is 6.60. The molecule has 1 aliphatic rings. The first-order valence-electron chi connectivity index (χ1n) is 7.02. The van der Waals surface area contributed by atoms with Crippen molar-refractivity contribution >= 4 is 17.0 Å². The fourth-order valence-corrected chi connectivity index (χ4v) is 3.30. The number of hydrogen-bond donors (Lipinski definition) is 1. The van der Waals surface area contributed by atoms with E-state index >= 15 is 0 Å². The third-order valence-corrected chi connectivity index (χ3v) is 4.35. The lowest BCUT2D eigenvalue weighted by Gasteiger charge is -2.19. The molecule has 2 aromatic rings. The Bertz CT molecular complexity index is 685. The van der Waals surface area contributed by atoms with Crippen LogP contribution < -0.4 is 5.73 Å². The standard InChI is InChI=1S/C15H18F3N3/c1-14(2)6-5-10(8-14)21-12-4-3-9(15(16,17)18)7-11(12)20-13(21)19/h3-4,7,10H,5-6,8H2,1-2H3,(H2,19,20). The fourth-order valence-electron chi connectivity index (χ4n) is 3.30. The van der Waals surface area contributed by atoms with Crippen molar-refractivity contribution in [2.45, 2.75) is 45.3 Å². The lowest BCUT2D eigenvalue weighted by atomic mass is 9.92. The molecular weight excluding hydrogens is 279 g/mol. The van der Waals surface area contributed by atoms with Gasteiger partial charge in [0.2, 0.25) is 5.95 Å². The van der Waals surface area contributed by atoms with Crippen LogP contribution in [-0.4, -0.2) is 9.55 Å². The first-order valence-corrected chi connectivity index (χ1v) is 7.02. The quantitative estimate of drug-likeness (QED) is 0.848. The number of fused-ring (bicyclic) bond motifs is 1. The predicted molar refractivity (Wildman–Crippen MR) is 75.8 cm³/mol. The van der Waals surface area contributed by atoms with E-state index in [0.29, 0.717) is 17.0 Å². The van der Waals surface area contributed by atoms with Crippen LogP contribution in [0.3, 0.4) is 0 Å². The van der Waals surface area contributed by atoms with Crippen LogP contribution >= 0.6 is 0 Å². The number of imidazole rings is 1.